The van der Waals surface area contributed by atoms with Crippen LogP contribution in [-0.2, 0) is 0 Å². The monoisotopic (exact) mass is 284 g/mol. The molecule has 4 heteroatoms. The number of hydrogen-bond donors (Lipinski definition) is 0. The first-order valence-electron chi connectivity index (χ1n) is 6.44. The molecule has 0 fully saturated rings. The second kappa shape index (κ2) is 6.22. The summed E-state index contributed by atoms with van der Waals surface area (Å²) in [6.07, 6.45) is 0. The summed E-state index contributed by atoms with van der Waals surface area (Å²) in [7, 11) is 3.10. The quantitative estimate of drug-likeness (QED) is 0.625. The average Bonchev–Trinajstić information content (AvgIpc) is 2.53. The van der Waals surface area contributed by atoms with Gasteiger partial charge in [-0.15, -0.1) is 0 Å². The number of rotatable bonds is 5. The zero-order chi connectivity index (χ0) is 15.4. The van der Waals surface area contributed by atoms with E-state index in [0.29, 0.717) is 28.2 Å². The van der Waals surface area contributed by atoms with E-state index in [-0.39, 0.29) is 0 Å². The van der Waals surface area contributed by atoms with Crippen LogP contribution in [0.5, 0.6) is 11.5 Å². The second-order valence-electron chi connectivity index (χ2n) is 4.57. The van der Waals surface area contributed by atoms with Gasteiger partial charge in [0.2, 0.25) is 11.6 Å². The van der Waals surface area contributed by atoms with Gasteiger partial charge in [0.05, 0.1) is 14.2 Å². The summed E-state index contributed by atoms with van der Waals surface area (Å²) < 4.78 is 10.1. The lowest BCUT2D eigenvalue weighted by molar-refractivity contribution is 0.0816. The number of aryl methyl sites for hydroxylation is 1. The molecule has 0 radical (unpaired) electrons. The molecule has 0 amide bonds. The Kier molecular flexibility index (Phi) is 4.38. The Hall–Kier alpha value is -2.62. The first kappa shape index (κ1) is 14.8. The highest BCUT2D eigenvalue weighted by Crippen LogP contribution is 2.19. The molecule has 21 heavy (non-hydrogen) atoms. The van der Waals surface area contributed by atoms with Crippen LogP contribution in [0.3, 0.4) is 0 Å². The SMILES string of the molecule is COc1ccc(C(=O)C(=O)c2ccc(OC)cc2C)cc1. The summed E-state index contributed by atoms with van der Waals surface area (Å²) in [4.78, 5) is 24.5. The van der Waals surface area contributed by atoms with Gasteiger partial charge >= 0.3 is 0 Å². The topological polar surface area (TPSA) is 52.6 Å². The van der Waals surface area contributed by atoms with Crippen LogP contribution in [0.2, 0.25) is 0 Å². The van der Waals surface area contributed by atoms with Crippen LogP contribution in [0.15, 0.2) is 42.5 Å². The number of ketones is 2. The minimum atomic E-state index is -0.536. The predicted molar refractivity (Wildman–Crippen MR) is 79.4 cm³/mol. The summed E-state index contributed by atoms with van der Waals surface area (Å²) >= 11 is 0. The van der Waals surface area contributed by atoms with Gasteiger partial charge in [-0.1, -0.05) is 0 Å². The van der Waals surface area contributed by atoms with Crippen molar-refractivity contribution < 1.29 is 19.1 Å². The zero-order valence-electron chi connectivity index (χ0n) is 12.2. The molecule has 0 aliphatic rings. The summed E-state index contributed by atoms with van der Waals surface area (Å²) in [5, 5.41) is 0. The summed E-state index contributed by atoms with van der Waals surface area (Å²) in [5.74, 6) is 0.229. The van der Waals surface area contributed by atoms with E-state index >= 15 is 0 Å². The van der Waals surface area contributed by atoms with E-state index < -0.39 is 11.6 Å². The molecule has 0 N–H and O–H groups in total. The van der Waals surface area contributed by atoms with Gasteiger partial charge in [0, 0.05) is 11.1 Å². The number of methoxy groups -OCH3 is 2. The van der Waals surface area contributed by atoms with Crippen LogP contribution in [0.1, 0.15) is 26.3 Å². The number of benzene rings is 2. The maximum absolute atomic E-state index is 12.3. The Bertz CT molecular complexity index is 672. The highest BCUT2D eigenvalue weighted by molar-refractivity contribution is 6.49. The minimum Gasteiger partial charge on any atom is -0.497 e. The summed E-state index contributed by atoms with van der Waals surface area (Å²) in [6, 6.07) is 11.5. The molecule has 0 unspecified atom stereocenters. The molecule has 2 rings (SSSR count). The van der Waals surface area contributed by atoms with Crippen molar-refractivity contribution in [3.63, 3.8) is 0 Å². The van der Waals surface area contributed by atoms with Crippen molar-refractivity contribution in [3.8, 4) is 11.5 Å². The lowest BCUT2D eigenvalue weighted by atomic mass is 9.98. The highest BCUT2D eigenvalue weighted by atomic mass is 16.5. The fourth-order valence-corrected chi connectivity index (χ4v) is 2.01. The van der Waals surface area contributed by atoms with Crippen LogP contribution in [0.4, 0.5) is 0 Å². The molecule has 0 aliphatic heterocycles. The lowest BCUT2D eigenvalue weighted by Crippen LogP contribution is -2.15. The summed E-state index contributed by atoms with van der Waals surface area (Å²) in [5.41, 5.74) is 1.44. The van der Waals surface area contributed by atoms with Crippen molar-refractivity contribution in [2.75, 3.05) is 14.2 Å². The third-order valence-corrected chi connectivity index (χ3v) is 3.24. The second-order valence-corrected chi connectivity index (χ2v) is 4.57. The Morgan fingerprint density at radius 2 is 1.38 bits per heavy atom. The Morgan fingerprint density at radius 1 is 0.810 bits per heavy atom. The maximum Gasteiger partial charge on any atom is 0.233 e. The van der Waals surface area contributed by atoms with Crippen molar-refractivity contribution in [3.05, 3.63) is 59.2 Å². The first-order chi connectivity index (χ1) is 10.1. The Morgan fingerprint density at radius 3 is 1.90 bits per heavy atom. The molecular formula is C17H16O4. The van der Waals surface area contributed by atoms with Crippen LogP contribution in [-0.4, -0.2) is 25.8 Å². The molecule has 108 valence electrons. The fraction of sp³-hybridized carbons (Fsp3) is 0.176. The third kappa shape index (κ3) is 3.11. The number of carbonyl (C=O) groups is 2. The molecule has 0 heterocycles. The van der Waals surface area contributed by atoms with E-state index in [4.69, 9.17) is 9.47 Å². The molecular weight excluding hydrogens is 268 g/mol. The van der Waals surface area contributed by atoms with E-state index in [9.17, 15) is 9.59 Å². The van der Waals surface area contributed by atoms with Crippen molar-refractivity contribution in [2.24, 2.45) is 0 Å². The third-order valence-electron chi connectivity index (χ3n) is 3.24. The van der Waals surface area contributed by atoms with Crippen molar-refractivity contribution >= 4 is 11.6 Å². The van der Waals surface area contributed by atoms with Crippen LogP contribution >= 0.6 is 0 Å². The van der Waals surface area contributed by atoms with Crippen molar-refractivity contribution in [1.82, 2.24) is 0 Å². The van der Waals surface area contributed by atoms with Gasteiger partial charge in [-0.2, -0.15) is 0 Å². The van der Waals surface area contributed by atoms with Gasteiger partial charge < -0.3 is 9.47 Å². The van der Waals surface area contributed by atoms with Crippen LogP contribution < -0.4 is 9.47 Å². The molecule has 4 nitrogen and oxygen atoms in total. The lowest BCUT2D eigenvalue weighted by Gasteiger charge is -2.07. The molecule has 0 aliphatic carbocycles. The van der Waals surface area contributed by atoms with Gasteiger partial charge in [0.15, 0.2) is 0 Å². The predicted octanol–water partition coefficient (Wildman–Crippen LogP) is 3.08. The molecule has 0 saturated heterocycles. The smallest absolute Gasteiger partial charge is 0.233 e. The van der Waals surface area contributed by atoms with E-state index in [1.165, 1.54) is 0 Å². The van der Waals surface area contributed by atoms with Gasteiger partial charge in [0.25, 0.3) is 0 Å². The molecule has 0 spiro atoms. The number of Topliss-reactive ketones (excluding diaryl/α,β-unsaturated/α-hetero) is 2. The van der Waals surface area contributed by atoms with Crippen LogP contribution in [0.25, 0.3) is 0 Å². The standard InChI is InChI=1S/C17H16O4/c1-11-10-14(21-3)8-9-15(11)17(19)16(18)12-4-6-13(20-2)7-5-12/h4-10H,1-3H3. The van der Waals surface area contributed by atoms with E-state index in [1.807, 2.05) is 0 Å². The fourth-order valence-electron chi connectivity index (χ4n) is 2.01. The number of carbonyl (C=O) groups excluding carboxylic acids is 2. The first-order valence-corrected chi connectivity index (χ1v) is 6.44. The maximum atomic E-state index is 12.3. The van der Waals surface area contributed by atoms with Gasteiger partial charge in [-0.05, 0) is 55.0 Å². The van der Waals surface area contributed by atoms with Crippen molar-refractivity contribution in [2.45, 2.75) is 6.92 Å². The van der Waals surface area contributed by atoms with Gasteiger partial charge in [-0.25, -0.2) is 0 Å². The molecule has 0 atom stereocenters. The molecule has 0 saturated carbocycles. The number of ether oxygens (including phenoxy) is 2. The van der Waals surface area contributed by atoms with Gasteiger partial charge in [0.1, 0.15) is 11.5 Å². The molecule has 2 aromatic rings. The van der Waals surface area contributed by atoms with E-state index in [0.717, 1.165) is 0 Å². The van der Waals surface area contributed by atoms with E-state index in [1.54, 1.807) is 63.6 Å². The van der Waals surface area contributed by atoms with E-state index in [2.05, 4.69) is 0 Å². The minimum absolute atomic E-state index is 0.344. The number of hydrogen-bond acceptors (Lipinski definition) is 4. The zero-order valence-corrected chi connectivity index (χ0v) is 12.2. The summed E-state index contributed by atoms with van der Waals surface area (Å²) in [6.45, 7) is 1.77. The molecule has 0 bridgehead atoms. The highest BCUT2D eigenvalue weighted by Gasteiger charge is 2.20. The molecule has 2 aromatic carbocycles. The van der Waals surface area contributed by atoms with Gasteiger partial charge in [-0.3, -0.25) is 9.59 Å². The Balaban J connectivity index is 2.28. The largest absolute Gasteiger partial charge is 0.497 e. The Labute approximate surface area is 123 Å². The average molecular weight is 284 g/mol. The van der Waals surface area contributed by atoms with Crippen LogP contribution in [0, 0.1) is 6.92 Å². The normalized spacial score (nSPS) is 10.0. The van der Waals surface area contributed by atoms with Crippen molar-refractivity contribution in [1.29, 1.82) is 0 Å². The molecule has 0 aromatic heterocycles.